The fraction of sp³-hybridized carbons (Fsp3) is 0.591. The number of Topliss-reactive ketones (excluding diaryl/α,β-unsaturated/α-hetero) is 1. The highest BCUT2D eigenvalue weighted by molar-refractivity contribution is 6.38. The van der Waals surface area contributed by atoms with Crippen LogP contribution in [0.25, 0.3) is 0 Å². The fourth-order valence-electron chi connectivity index (χ4n) is 3.43. The van der Waals surface area contributed by atoms with Crippen molar-refractivity contribution in [3.05, 3.63) is 12.7 Å². The number of urea groups is 1. The average molecular weight is 448 g/mol. The summed E-state index contributed by atoms with van der Waals surface area (Å²) >= 11 is 0. The Morgan fingerprint density at radius 2 is 1.91 bits per heavy atom. The standard InChI is InChI=1S/C22H33N5O5/c1-6-8-10-14(16(28)19(30)24-12-7-2)25-18(29)15-11-9-13-27(15)20(31)17(22(3,4)5)26-21(23)32/h1,7,14-15,17H,2,8-13H2,3-5H3,(H,24,30)(H,25,29)(H3,23,26,32). The minimum Gasteiger partial charge on any atom is -0.352 e. The van der Waals surface area contributed by atoms with Crippen LogP contribution < -0.4 is 21.7 Å². The van der Waals surface area contributed by atoms with Gasteiger partial charge in [0, 0.05) is 19.5 Å². The summed E-state index contributed by atoms with van der Waals surface area (Å²) in [5.41, 5.74) is 4.58. The first kappa shape index (κ1) is 26.7. The van der Waals surface area contributed by atoms with Gasteiger partial charge < -0.3 is 26.6 Å². The number of primary amides is 1. The molecule has 1 aliphatic rings. The number of hydrogen-bond acceptors (Lipinski definition) is 5. The molecule has 1 aliphatic heterocycles. The zero-order valence-corrected chi connectivity index (χ0v) is 18.9. The SMILES string of the molecule is C#CCCC(NC(=O)C1CCCN1C(=O)C(NC(N)=O)C(C)(C)C)C(=O)C(=O)NCC=C. The van der Waals surface area contributed by atoms with E-state index in [1.54, 1.807) is 20.8 Å². The van der Waals surface area contributed by atoms with E-state index in [4.69, 9.17) is 12.2 Å². The molecule has 5 amide bonds. The average Bonchev–Trinajstić information content (AvgIpc) is 3.21. The number of hydrogen-bond donors (Lipinski definition) is 4. The number of carbonyl (C=O) groups excluding carboxylic acids is 5. The van der Waals surface area contributed by atoms with Gasteiger partial charge in [-0.3, -0.25) is 19.2 Å². The number of ketones is 1. The summed E-state index contributed by atoms with van der Waals surface area (Å²) in [4.78, 5) is 63.5. The number of terminal acetylenes is 1. The van der Waals surface area contributed by atoms with Crippen LogP contribution in [-0.2, 0) is 19.2 Å². The number of rotatable bonds is 10. The van der Waals surface area contributed by atoms with Crippen molar-refractivity contribution in [3.8, 4) is 12.3 Å². The van der Waals surface area contributed by atoms with Crippen molar-refractivity contribution < 1.29 is 24.0 Å². The monoisotopic (exact) mass is 447 g/mol. The quantitative estimate of drug-likeness (QED) is 0.208. The molecule has 1 saturated heterocycles. The Kier molecular flexibility index (Phi) is 9.91. The first-order valence-electron chi connectivity index (χ1n) is 10.5. The van der Waals surface area contributed by atoms with Crippen LogP contribution in [-0.4, -0.2) is 65.7 Å². The molecule has 3 unspecified atom stereocenters. The lowest BCUT2D eigenvalue weighted by Gasteiger charge is -2.35. The van der Waals surface area contributed by atoms with E-state index in [-0.39, 0.29) is 19.4 Å². The molecule has 10 nitrogen and oxygen atoms in total. The maximum atomic E-state index is 13.2. The van der Waals surface area contributed by atoms with E-state index in [0.29, 0.717) is 19.4 Å². The molecular weight excluding hydrogens is 414 g/mol. The lowest BCUT2D eigenvalue weighted by Crippen LogP contribution is -2.59. The summed E-state index contributed by atoms with van der Waals surface area (Å²) in [6.45, 7) is 9.20. The topological polar surface area (TPSA) is 151 Å². The third-order valence-electron chi connectivity index (χ3n) is 5.08. The minimum atomic E-state index is -1.12. The molecule has 0 saturated carbocycles. The van der Waals surface area contributed by atoms with E-state index >= 15 is 0 Å². The summed E-state index contributed by atoms with van der Waals surface area (Å²) in [5, 5.41) is 7.42. The summed E-state index contributed by atoms with van der Waals surface area (Å²) in [6, 6.07) is -3.75. The highest BCUT2D eigenvalue weighted by atomic mass is 16.2. The van der Waals surface area contributed by atoms with Gasteiger partial charge >= 0.3 is 6.03 Å². The Morgan fingerprint density at radius 1 is 1.25 bits per heavy atom. The Labute approximate surface area is 188 Å². The Morgan fingerprint density at radius 3 is 2.44 bits per heavy atom. The highest BCUT2D eigenvalue weighted by Crippen LogP contribution is 2.26. The van der Waals surface area contributed by atoms with Crippen LogP contribution >= 0.6 is 0 Å². The maximum Gasteiger partial charge on any atom is 0.312 e. The molecule has 0 aliphatic carbocycles. The molecule has 1 heterocycles. The van der Waals surface area contributed by atoms with Crippen LogP contribution in [0.5, 0.6) is 0 Å². The number of nitrogens with two attached hydrogens (primary N) is 1. The van der Waals surface area contributed by atoms with Gasteiger partial charge in [-0.15, -0.1) is 18.9 Å². The second-order valence-corrected chi connectivity index (χ2v) is 8.66. The van der Waals surface area contributed by atoms with Gasteiger partial charge in [-0.2, -0.15) is 0 Å². The maximum absolute atomic E-state index is 13.2. The zero-order valence-electron chi connectivity index (χ0n) is 18.9. The van der Waals surface area contributed by atoms with E-state index in [1.165, 1.54) is 11.0 Å². The normalized spacial score (nSPS) is 17.4. The van der Waals surface area contributed by atoms with Gasteiger partial charge in [0.15, 0.2) is 0 Å². The number of nitrogens with zero attached hydrogens (tertiary/aromatic N) is 1. The van der Waals surface area contributed by atoms with E-state index < -0.39 is 53.1 Å². The summed E-state index contributed by atoms with van der Waals surface area (Å²) in [6.07, 6.45) is 7.90. The second kappa shape index (κ2) is 11.9. The molecule has 0 aromatic rings. The number of nitrogens with one attached hydrogen (secondary N) is 3. The van der Waals surface area contributed by atoms with E-state index in [0.717, 1.165) is 0 Å². The molecule has 0 aromatic heterocycles. The number of likely N-dealkylation sites (tertiary alicyclic amines) is 1. The van der Waals surface area contributed by atoms with Crippen molar-refractivity contribution in [2.24, 2.45) is 11.1 Å². The molecule has 0 bridgehead atoms. The Bertz CT molecular complexity index is 796. The smallest absolute Gasteiger partial charge is 0.312 e. The van der Waals surface area contributed by atoms with E-state index in [2.05, 4.69) is 28.4 Å². The van der Waals surface area contributed by atoms with Crippen LogP contribution in [0, 0.1) is 17.8 Å². The second-order valence-electron chi connectivity index (χ2n) is 8.66. The predicted molar refractivity (Wildman–Crippen MR) is 119 cm³/mol. The molecule has 1 fully saturated rings. The predicted octanol–water partition coefficient (Wildman–Crippen LogP) is -0.170. The molecular formula is C22H33N5O5. The van der Waals surface area contributed by atoms with Gasteiger partial charge in [-0.1, -0.05) is 26.8 Å². The lowest BCUT2D eigenvalue weighted by molar-refractivity contribution is -0.143. The molecule has 32 heavy (non-hydrogen) atoms. The van der Waals surface area contributed by atoms with Gasteiger partial charge in [-0.05, 0) is 24.7 Å². The van der Waals surface area contributed by atoms with Gasteiger partial charge in [0.05, 0.1) is 6.04 Å². The summed E-state index contributed by atoms with van der Waals surface area (Å²) in [7, 11) is 0. The van der Waals surface area contributed by atoms with Crippen molar-refractivity contribution in [1.29, 1.82) is 0 Å². The van der Waals surface area contributed by atoms with Crippen molar-refractivity contribution in [2.45, 2.75) is 64.6 Å². The molecule has 0 spiro atoms. The van der Waals surface area contributed by atoms with E-state index in [9.17, 15) is 24.0 Å². The van der Waals surface area contributed by atoms with Crippen LogP contribution in [0.1, 0.15) is 46.5 Å². The highest BCUT2D eigenvalue weighted by Gasteiger charge is 2.42. The van der Waals surface area contributed by atoms with Gasteiger partial charge in [-0.25, -0.2) is 4.79 Å². The Balaban J connectivity index is 3.01. The Hall–Kier alpha value is -3.35. The van der Waals surface area contributed by atoms with E-state index in [1.807, 2.05) is 0 Å². The summed E-state index contributed by atoms with van der Waals surface area (Å²) < 4.78 is 0. The van der Waals surface area contributed by atoms with Crippen LogP contribution in [0.4, 0.5) is 4.79 Å². The molecule has 1 rings (SSSR count). The molecule has 3 atom stereocenters. The van der Waals surface area contributed by atoms with Crippen LogP contribution in [0.15, 0.2) is 12.7 Å². The fourth-order valence-corrected chi connectivity index (χ4v) is 3.43. The van der Waals surface area contributed by atoms with Crippen LogP contribution in [0.3, 0.4) is 0 Å². The molecule has 0 radical (unpaired) electrons. The molecule has 10 heteroatoms. The molecule has 5 N–H and O–H groups in total. The van der Waals surface area contributed by atoms with Crippen molar-refractivity contribution in [1.82, 2.24) is 20.9 Å². The first-order valence-corrected chi connectivity index (χ1v) is 10.5. The number of amides is 5. The number of carbonyl (C=O) groups is 5. The largest absolute Gasteiger partial charge is 0.352 e. The van der Waals surface area contributed by atoms with Gasteiger partial charge in [0.2, 0.25) is 17.6 Å². The molecule has 176 valence electrons. The zero-order chi connectivity index (χ0) is 24.5. The third kappa shape index (κ3) is 7.41. The van der Waals surface area contributed by atoms with Crippen molar-refractivity contribution in [2.75, 3.05) is 13.1 Å². The lowest BCUT2D eigenvalue weighted by atomic mass is 9.85. The first-order chi connectivity index (χ1) is 14.9. The minimum absolute atomic E-state index is 0.0805. The van der Waals surface area contributed by atoms with Gasteiger partial charge in [0.1, 0.15) is 12.1 Å². The molecule has 0 aromatic carbocycles. The third-order valence-corrected chi connectivity index (χ3v) is 5.08. The van der Waals surface area contributed by atoms with Crippen molar-refractivity contribution >= 4 is 29.5 Å². The summed E-state index contributed by atoms with van der Waals surface area (Å²) in [5.74, 6) is -0.296. The van der Waals surface area contributed by atoms with Crippen LogP contribution in [0.2, 0.25) is 0 Å². The van der Waals surface area contributed by atoms with Gasteiger partial charge in [0.25, 0.3) is 5.91 Å². The van der Waals surface area contributed by atoms with Crippen molar-refractivity contribution in [3.63, 3.8) is 0 Å².